The molecule has 1 aliphatic carbocycles. The molecule has 0 saturated heterocycles. The second-order valence-corrected chi connectivity index (χ2v) is 5.45. The summed E-state index contributed by atoms with van der Waals surface area (Å²) in [7, 11) is 0. The number of carbonyl (C=O) groups excluding carboxylic acids is 1. The number of hydrogen-bond donors (Lipinski definition) is 2. The van der Waals surface area contributed by atoms with Crippen molar-refractivity contribution in [2.24, 2.45) is 0 Å². The summed E-state index contributed by atoms with van der Waals surface area (Å²) in [5, 5.41) is 3.04. The fourth-order valence-electron chi connectivity index (χ4n) is 2.50. The molecule has 0 atom stereocenters. The third-order valence-electron chi connectivity index (χ3n) is 4.00. The van der Waals surface area contributed by atoms with Gasteiger partial charge in [-0.05, 0) is 42.7 Å². The van der Waals surface area contributed by atoms with E-state index in [2.05, 4.69) is 29.6 Å². The number of nitrogens with two attached hydrogens (primary N) is 1. The Bertz CT molecular complexity index is 601. The minimum absolute atomic E-state index is 0.0350. The zero-order chi connectivity index (χ0) is 14.0. The summed E-state index contributed by atoms with van der Waals surface area (Å²) in [6, 6.07) is 17.4. The van der Waals surface area contributed by atoms with Gasteiger partial charge in [-0.2, -0.15) is 0 Å². The van der Waals surface area contributed by atoms with Gasteiger partial charge in [-0.15, -0.1) is 0 Å². The Morgan fingerprint density at radius 3 is 2.30 bits per heavy atom. The minimum Gasteiger partial charge on any atom is -0.399 e. The topological polar surface area (TPSA) is 55.1 Å². The van der Waals surface area contributed by atoms with Crippen LogP contribution in [0, 0.1) is 0 Å². The number of rotatable bonds is 4. The average molecular weight is 266 g/mol. The van der Waals surface area contributed by atoms with E-state index in [0.29, 0.717) is 17.8 Å². The lowest BCUT2D eigenvalue weighted by Gasteiger charge is -2.16. The standard InChI is InChI=1S/C17H18N2O/c18-15-8-6-13(7-9-15)16(20)19-12-17(10-11-17)14-4-2-1-3-5-14/h1-9H,10-12,18H2,(H,19,20). The Hall–Kier alpha value is -2.29. The maximum atomic E-state index is 12.1. The van der Waals surface area contributed by atoms with Crippen molar-refractivity contribution in [3.8, 4) is 0 Å². The highest BCUT2D eigenvalue weighted by molar-refractivity contribution is 5.94. The van der Waals surface area contributed by atoms with E-state index in [0.717, 1.165) is 12.8 Å². The molecule has 3 heteroatoms. The molecule has 0 aromatic heterocycles. The van der Waals surface area contributed by atoms with Crippen molar-refractivity contribution < 1.29 is 4.79 Å². The second kappa shape index (κ2) is 5.00. The van der Waals surface area contributed by atoms with Crippen molar-refractivity contribution in [1.29, 1.82) is 0 Å². The fourth-order valence-corrected chi connectivity index (χ4v) is 2.50. The quantitative estimate of drug-likeness (QED) is 0.836. The van der Waals surface area contributed by atoms with E-state index in [-0.39, 0.29) is 11.3 Å². The Kier molecular flexibility index (Phi) is 3.18. The van der Waals surface area contributed by atoms with Crippen LogP contribution in [0.15, 0.2) is 54.6 Å². The molecule has 2 aromatic rings. The van der Waals surface area contributed by atoms with E-state index >= 15 is 0 Å². The van der Waals surface area contributed by atoms with E-state index in [9.17, 15) is 4.79 Å². The summed E-state index contributed by atoms with van der Waals surface area (Å²) >= 11 is 0. The fraction of sp³-hybridized carbons (Fsp3) is 0.235. The predicted molar refractivity (Wildman–Crippen MR) is 80.5 cm³/mol. The van der Waals surface area contributed by atoms with E-state index in [1.165, 1.54) is 5.56 Å². The molecule has 3 N–H and O–H groups in total. The summed E-state index contributed by atoms with van der Waals surface area (Å²) in [5.74, 6) is -0.0350. The molecule has 0 aliphatic heterocycles. The third kappa shape index (κ3) is 2.52. The molecule has 2 aromatic carbocycles. The van der Waals surface area contributed by atoms with Crippen molar-refractivity contribution in [2.75, 3.05) is 12.3 Å². The van der Waals surface area contributed by atoms with Crippen molar-refractivity contribution in [2.45, 2.75) is 18.3 Å². The van der Waals surface area contributed by atoms with E-state index < -0.39 is 0 Å². The van der Waals surface area contributed by atoms with Crippen molar-refractivity contribution >= 4 is 11.6 Å². The molecule has 0 heterocycles. The highest BCUT2D eigenvalue weighted by atomic mass is 16.1. The summed E-state index contributed by atoms with van der Waals surface area (Å²) in [4.78, 5) is 12.1. The lowest BCUT2D eigenvalue weighted by atomic mass is 9.96. The van der Waals surface area contributed by atoms with Crippen LogP contribution in [0.5, 0.6) is 0 Å². The van der Waals surface area contributed by atoms with Crippen molar-refractivity contribution in [3.63, 3.8) is 0 Å². The summed E-state index contributed by atoms with van der Waals surface area (Å²) < 4.78 is 0. The number of nitrogen functional groups attached to an aromatic ring is 1. The minimum atomic E-state index is -0.0350. The van der Waals surface area contributed by atoms with Gasteiger partial charge in [0.15, 0.2) is 0 Å². The molecule has 1 aliphatic rings. The number of benzene rings is 2. The van der Waals surface area contributed by atoms with Crippen LogP contribution in [0.1, 0.15) is 28.8 Å². The van der Waals surface area contributed by atoms with Crippen molar-refractivity contribution in [3.05, 3.63) is 65.7 Å². The molecular formula is C17H18N2O. The van der Waals surface area contributed by atoms with Crippen LogP contribution in [0.25, 0.3) is 0 Å². The normalized spacial score (nSPS) is 15.6. The highest BCUT2D eigenvalue weighted by Crippen LogP contribution is 2.47. The third-order valence-corrected chi connectivity index (χ3v) is 4.00. The van der Waals surface area contributed by atoms with Crippen LogP contribution in [0.3, 0.4) is 0 Å². The van der Waals surface area contributed by atoms with Gasteiger partial charge in [0.2, 0.25) is 0 Å². The van der Waals surface area contributed by atoms with Crippen LogP contribution >= 0.6 is 0 Å². The predicted octanol–water partition coefficient (Wildman–Crippen LogP) is 2.73. The van der Waals surface area contributed by atoms with Gasteiger partial charge in [-0.3, -0.25) is 4.79 Å². The monoisotopic (exact) mass is 266 g/mol. The summed E-state index contributed by atoms with van der Waals surface area (Å²) in [5.41, 5.74) is 8.41. The molecular weight excluding hydrogens is 248 g/mol. The first-order valence-electron chi connectivity index (χ1n) is 6.89. The van der Waals surface area contributed by atoms with Gasteiger partial charge >= 0.3 is 0 Å². The van der Waals surface area contributed by atoms with E-state index in [1.807, 2.05) is 6.07 Å². The molecule has 20 heavy (non-hydrogen) atoms. The lowest BCUT2D eigenvalue weighted by Crippen LogP contribution is -2.32. The molecule has 102 valence electrons. The molecule has 3 rings (SSSR count). The number of anilines is 1. The van der Waals surface area contributed by atoms with Gasteiger partial charge in [0.25, 0.3) is 5.91 Å². The molecule has 0 bridgehead atoms. The highest BCUT2D eigenvalue weighted by Gasteiger charge is 2.44. The van der Waals surface area contributed by atoms with Crippen LogP contribution in [-0.2, 0) is 5.41 Å². The van der Waals surface area contributed by atoms with E-state index in [1.54, 1.807) is 24.3 Å². The lowest BCUT2D eigenvalue weighted by molar-refractivity contribution is 0.0949. The Balaban J connectivity index is 1.65. The maximum absolute atomic E-state index is 12.1. The van der Waals surface area contributed by atoms with Crippen LogP contribution in [0.4, 0.5) is 5.69 Å². The molecule has 0 unspecified atom stereocenters. The van der Waals surface area contributed by atoms with Gasteiger partial charge in [0.1, 0.15) is 0 Å². The Morgan fingerprint density at radius 1 is 1.05 bits per heavy atom. The van der Waals surface area contributed by atoms with Crippen LogP contribution in [0.2, 0.25) is 0 Å². The molecule has 1 amide bonds. The second-order valence-electron chi connectivity index (χ2n) is 5.45. The molecule has 1 fully saturated rings. The first kappa shape index (κ1) is 12.7. The summed E-state index contributed by atoms with van der Waals surface area (Å²) in [6.45, 7) is 0.695. The zero-order valence-corrected chi connectivity index (χ0v) is 11.3. The first-order chi connectivity index (χ1) is 9.70. The first-order valence-corrected chi connectivity index (χ1v) is 6.89. The van der Waals surface area contributed by atoms with Crippen LogP contribution < -0.4 is 11.1 Å². The van der Waals surface area contributed by atoms with Gasteiger partial charge in [-0.1, -0.05) is 30.3 Å². The van der Waals surface area contributed by atoms with Gasteiger partial charge in [-0.25, -0.2) is 0 Å². The maximum Gasteiger partial charge on any atom is 0.251 e. The van der Waals surface area contributed by atoms with Crippen molar-refractivity contribution in [1.82, 2.24) is 5.32 Å². The molecule has 0 radical (unpaired) electrons. The summed E-state index contributed by atoms with van der Waals surface area (Å²) in [6.07, 6.45) is 2.28. The van der Waals surface area contributed by atoms with Gasteiger partial charge in [0, 0.05) is 23.2 Å². The number of hydrogen-bond acceptors (Lipinski definition) is 2. The number of carbonyl (C=O) groups is 1. The smallest absolute Gasteiger partial charge is 0.251 e. The Morgan fingerprint density at radius 2 is 1.70 bits per heavy atom. The SMILES string of the molecule is Nc1ccc(C(=O)NCC2(c3ccccc3)CC2)cc1. The number of amides is 1. The average Bonchev–Trinajstić information content (AvgIpc) is 3.28. The van der Waals surface area contributed by atoms with Crippen LogP contribution in [-0.4, -0.2) is 12.5 Å². The molecule has 3 nitrogen and oxygen atoms in total. The Labute approximate surface area is 118 Å². The molecule has 0 spiro atoms. The van der Waals surface area contributed by atoms with Gasteiger partial charge in [0.05, 0.1) is 0 Å². The van der Waals surface area contributed by atoms with E-state index in [4.69, 9.17) is 5.73 Å². The number of nitrogens with one attached hydrogen (secondary N) is 1. The van der Waals surface area contributed by atoms with Gasteiger partial charge < -0.3 is 11.1 Å². The zero-order valence-electron chi connectivity index (χ0n) is 11.3. The largest absolute Gasteiger partial charge is 0.399 e. The molecule has 1 saturated carbocycles.